The van der Waals surface area contributed by atoms with E-state index in [-0.39, 0.29) is 22.5 Å². The summed E-state index contributed by atoms with van der Waals surface area (Å²) >= 11 is 5.95. The number of anilines is 1. The lowest BCUT2D eigenvalue weighted by molar-refractivity contribution is 0.582. The van der Waals surface area contributed by atoms with Crippen LogP contribution in [-0.4, -0.2) is 23.6 Å². The molecule has 0 atom stereocenters. The Hall–Kier alpha value is -3.17. The SMILES string of the molecule is Cc1ccc(Cl)cc1NS(=O)(=O)c1c[nH]c(-c2nnc(-c3ccc(F)cc3)o2)c1. The van der Waals surface area contributed by atoms with Crippen molar-refractivity contribution < 1.29 is 17.2 Å². The zero-order valence-electron chi connectivity index (χ0n) is 15.0. The minimum Gasteiger partial charge on any atom is -0.415 e. The molecular weight excluding hydrogens is 419 g/mol. The molecule has 2 heterocycles. The van der Waals surface area contributed by atoms with Crippen molar-refractivity contribution in [1.82, 2.24) is 15.2 Å². The number of halogens is 2. The second kappa shape index (κ2) is 7.34. The molecule has 4 rings (SSSR count). The van der Waals surface area contributed by atoms with Crippen LogP contribution in [0, 0.1) is 12.7 Å². The minimum atomic E-state index is -3.86. The van der Waals surface area contributed by atoms with Crippen molar-refractivity contribution in [3.05, 3.63) is 71.1 Å². The first-order valence-corrected chi connectivity index (χ1v) is 10.3. The average Bonchev–Trinajstić information content (AvgIpc) is 3.35. The van der Waals surface area contributed by atoms with E-state index in [4.69, 9.17) is 16.0 Å². The van der Waals surface area contributed by atoms with Gasteiger partial charge in [-0.05, 0) is 55.0 Å². The van der Waals surface area contributed by atoms with E-state index in [0.717, 1.165) is 5.56 Å². The van der Waals surface area contributed by atoms with Crippen LogP contribution >= 0.6 is 11.6 Å². The van der Waals surface area contributed by atoms with Gasteiger partial charge in [0.05, 0.1) is 5.69 Å². The molecule has 2 aromatic carbocycles. The second-order valence-electron chi connectivity index (χ2n) is 6.23. The number of benzene rings is 2. The third-order valence-electron chi connectivity index (χ3n) is 4.16. The molecule has 0 spiro atoms. The number of aryl methyl sites for hydroxylation is 1. The maximum Gasteiger partial charge on any atom is 0.264 e. The number of H-pyrrole nitrogens is 1. The van der Waals surface area contributed by atoms with Gasteiger partial charge in [-0.15, -0.1) is 10.2 Å². The van der Waals surface area contributed by atoms with Gasteiger partial charge in [-0.25, -0.2) is 12.8 Å². The molecule has 7 nitrogen and oxygen atoms in total. The van der Waals surface area contributed by atoms with Gasteiger partial charge in [0, 0.05) is 16.8 Å². The van der Waals surface area contributed by atoms with Gasteiger partial charge in [-0.2, -0.15) is 0 Å². The molecule has 2 aromatic heterocycles. The van der Waals surface area contributed by atoms with E-state index in [1.165, 1.54) is 42.6 Å². The Morgan fingerprint density at radius 2 is 1.79 bits per heavy atom. The number of rotatable bonds is 5. The van der Waals surface area contributed by atoms with Gasteiger partial charge in [0.25, 0.3) is 15.9 Å². The van der Waals surface area contributed by atoms with E-state index >= 15 is 0 Å². The fraction of sp³-hybridized carbons (Fsp3) is 0.0526. The van der Waals surface area contributed by atoms with Crippen molar-refractivity contribution >= 4 is 27.3 Å². The van der Waals surface area contributed by atoms with Crippen LogP contribution in [0.25, 0.3) is 23.0 Å². The highest BCUT2D eigenvalue weighted by molar-refractivity contribution is 7.92. The van der Waals surface area contributed by atoms with Gasteiger partial charge < -0.3 is 9.40 Å². The first-order valence-electron chi connectivity index (χ1n) is 8.39. The highest BCUT2D eigenvalue weighted by Crippen LogP contribution is 2.27. The summed E-state index contributed by atoms with van der Waals surface area (Å²) in [6, 6.07) is 11.9. The minimum absolute atomic E-state index is 0.00610. The van der Waals surface area contributed by atoms with Crippen LogP contribution in [0.4, 0.5) is 10.1 Å². The Labute approximate surface area is 170 Å². The van der Waals surface area contributed by atoms with Crippen molar-refractivity contribution in [2.45, 2.75) is 11.8 Å². The summed E-state index contributed by atoms with van der Waals surface area (Å²) in [5.41, 5.74) is 1.99. The third-order valence-corrected chi connectivity index (χ3v) is 5.74. The molecule has 0 aliphatic rings. The van der Waals surface area contributed by atoms with E-state index < -0.39 is 10.0 Å². The Morgan fingerprint density at radius 1 is 1.07 bits per heavy atom. The molecule has 148 valence electrons. The van der Waals surface area contributed by atoms with Crippen LogP contribution < -0.4 is 4.72 Å². The topological polar surface area (TPSA) is 101 Å². The number of sulfonamides is 1. The maximum atomic E-state index is 13.0. The molecule has 0 saturated heterocycles. The van der Waals surface area contributed by atoms with Crippen LogP contribution in [0.5, 0.6) is 0 Å². The summed E-state index contributed by atoms with van der Waals surface area (Å²) in [5, 5.41) is 8.25. The average molecular weight is 433 g/mol. The van der Waals surface area contributed by atoms with E-state index in [1.54, 1.807) is 19.1 Å². The zero-order chi connectivity index (χ0) is 20.6. The molecule has 0 amide bonds. The van der Waals surface area contributed by atoms with Gasteiger partial charge in [0.15, 0.2) is 0 Å². The predicted molar refractivity (Wildman–Crippen MR) is 106 cm³/mol. The number of nitrogens with one attached hydrogen (secondary N) is 2. The van der Waals surface area contributed by atoms with Crippen molar-refractivity contribution in [2.75, 3.05) is 4.72 Å². The molecular formula is C19H14ClFN4O3S. The molecule has 2 N–H and O–H groups in total. The van der Waals surface area contributed by atoms with Crippen LogP contribution in [-0.2, 0) is 10.0 Å². The van der Waals surface area contributed by atoms with Gasteiger partial charge in [0.2, 0.25) is 5.89 Å². The first-order chi connectivity index (χ1) is 13.8. The molecule has 0 bridgehead atoms. The van der Waals surface area contributed by atoms with Crippen LogP contribution in [0.2, 0.25) is 5.02 Å². The van der Waals surface area contributed by atoms with Crippen molar-refractivity contribution in [2.24, 2.45) is 0 Å². The molecule has 0 unspecified atom stereocenters. The lowest BCUT2D eigenvalue weighted by atomic mass is 10.2. The van der Waals surface area contributed by atoms with Gasteiger partial charge in [-0.3, -0.25) is 4.72 Å². The monoisotopic (exact) mass is 432 g/mol. The Bertz CT molecular complexity index is 1280. The van der Waals surface area contributed by atoms with Gasteiger partial charge in [-0.1, -0.05) is 17.7 Å². The van der Waals surface area contributed by atoms with E-state index in [2.05, 4.69) is 19.9 Å². The molecule has 0 aliphatic carbocycles. The molecule has 0 fully saturated rings. The number of hydrogen-bond donors (Lipinski definition) is 2. The summed E-state index contributed by atoms with van der Waals surface area (Å²) in [6.07, 6.45) is 1.32. The largest absolute Gasteiger partial charge is 0.415 e. The summed E-state index contributed by atoms with van der Waals surface area (Å²) < 4.78 is 46.5. The third kappa shape index (κ3) is 4.01. The smallest absolute Gasteiger partial charge is 0.264 e. The molecule has 0 radical (unpaired) electrons. The summed E-state index contributed by atoms with van der Waals surface area (Å²) in [7, 11) is -3.86. The molecule has 29 heavy (non-hydrogen) atoms. The van der Waals surface area contributed by atoms with Crippen LogP contribution in [0.15, 0.2) is 64.0 Å². The summed E-state index contributed by atoms with van der Waals surface area (Å²) in [6.45, 7) is 1.77. The highest BCUT2D eigenvalue weighted by atomic mass is 35.5. The van der Waals surface area contributed by atoms with E-state index in [1.807, 2.05) is 0 Å². The standard InChI is InChI=1S/C19H14ClFN4O3S/c1-11-2-5-13(20)8-16(11)25-29(26,27)15-9-17(22-10-15)19-24-23-18(28-19)12-3-6-14(21)7-4-12/h2-10,22,25H,1H3. The Morgan fingerprint density at radius 3 is 2.55 bits per heavy atom. The summed E-state index contributed by atoms with van der Waals surface area (Å²) in [5.74, 6) is -0.0912. The lowest BCUT2D eigenvalue weighted by Gasteiger charge is -2.09. The second-order valence-corrected chi connectivity index (χ2v) is 8.35. The fourth-order valence-electron chi connectivity index (χ4n) is 2.60. The van der Waals surface area contributed by atoms with Crippen molar-refractivity contribution in [3.8, 4) is 23.0 Å². The van der Waals surface area contributed by atoms with E-state index in [9.17, 15) is 12.8 Å². The van der Waals surface area contributed by atoms with Crippen molar-refractivity contribution in [1.29, 1.82) is 0 Å². The van der Waals surface area contributed by atoms with Crippen LogP contribution in [0.1, 0.15) is 5.56 Å². The molecule has 0 aliphatic heterocycles. The fourth-order valence-corrected chi connectivity index (χ4v) is 3.89. The quantitative estimate of drug-likeness (QED) is 0.478. The Kier molecular flexibility index (Phi) is 4.85. The number of hydrogen-bond acceptors (Lipinski definition) is 5. The van der Waals surface area contributed by atoms with Gasteiger partial charge in [0.1, 0.15) is 16.4 Å². The van der Waals surface area contributed by atoms with Gasteiger partial charge >= 0.3 is 0 Å². The highest BCUT2D eigenvalue weighted by Gasteiger charge is 2.20. The summed E-state index contributed by atoms with van der Waals surface area (Å²) in [4.78, 5) is 2.81. The molecule has 10 heteroatoms. The number of aromatic nitrogens is 3. The maximum absolute atomic E-state index is 13.0. The van der Waals surface area contributed by atoms with Crippen LogP contribution in [0.3, 0.4) is 0 Å². The number of aromatic amines is 1. The van der Waals surface area contributed by atoms with E-state index in [0.29, 0.717) is 22.0 Å². The Balaban J connectivity index is 1.59. The lowest BCUT2D eigenvalue weighted by Crippen LogP contribution is -2.13. The molecule has 4 aromatic rings. The first kappa shape index (κ1) is 19.2. The zero-order valence-corrected chi connectivity index (χ0v) is 16.6. The molecule has 0 saturated carbocycles. The normalized spacial score (nSPS) is 11.6. The number of nitrogens with zero attached hydrogens (tertiary/aromatic N) is 2. The van der Waals surface area contributed by atoms with Crippen molar-refractivity contribution in [3.63, 3.8) is 0 Å². The predicted octanol–water partition coefficient (Wildman–Crippen LogP) is 4.63.